The third-order valence-corrected chi connectivity index (χ3v) is 4.06. The van der Waals surface area contributed by atoms with Crippen molar-refractivity contribution in [2.24, 2.45) is 0 Å². The van der Waals surface area contributed by atoms with Gasteiger partial charge in [-0.1, -0.05) is 17.7 Å². The monoisotopic (exact) mass is 483 g/mol. The lowest BCUT2D eigenvalue weighted by molar-refractivity contribution is 0.102. The van der Waals surface area contributed by atoms with E-state index in [-0.39, 0.29) is 5.91 Å². The van der Waals surface area contributed by atoms with E-state index in [2.05, 4.69) is 50.5 Å². The van der Waals surface area contributed by atoms with Crippen molar-refractivity contribution in [2.45, 2.75) is 0 Å². The fourth-order valence-electron chi connectivity index (χ4n) is 1.42. The summed E-state index contributed by atoms with van der Waals surface area (Å²) in [5.41, 5.74) is 1.41. The Hall–Kier alpha value is -0.340. The first-order valence-electron chi connectivity index (χ1n) is 5.08. The first-order chi connectivity index (χ1) is 8.56. The number of hydrogen-bond donors (Lipinski definition) is 1. The van der Waals surface area contributed by atoms with E-state index in [0.29, 0.717) is 10.6 Å². The van der Waals surface area contributed by atoms with Crippen LogP contribution in [0.1, 0.15) is 10.4 Å². The fraction of sp³-hybridized carbons (Fsp3) is 0. The van der Waals surface area contributed by atoms with Gasteiger partial charge in [-0.3, -0.25) is 4.79 Å². The number of carbonyl (C=O) groups excluding carboxylic acids is 1. The highest BCUT2D eigenvalue weighted by Gasteiger charge is 2.08. The van der Waals surface area contributed by atoms with Crippen LogP contribution in [0, 0.1) is 7.14 Å². The zero-order valence-electron chi connectivity index (χ0n) is 9.08. The van der Waals surface area contributed by atoms with Gasteiger partial charge in [0.1, 0.15) is 0 Å². The van der Waals surface area contributed by atoms with Crippen LogP contribution in [0.4, 0.5) is 5.69 Å². The molecule has 0 unspecified atom stereocenters. The molecule has 5 heteroatoms. The van der Waals surface area contributed by atoms with Crippen LogP contribution < -0.4 is 5.32 Å². The quantitative estimate of drug-likeness (QED) is 0.611. The predicted octanol–water partition coefficient (Wildman–Crippen LogP) is 4.80. The second-order valence-electron chi connectivity index (χ2n) is 3.59. The average molecular weight is 483 g/mol. The molecule has 1 amide bonds. The lowest BCUT2D eigenvalue weighted by Crippen LogP contribution is -2.12. The summed E-state index contributed by atoms with van der Waals surface area (Å²) in [5, 5.41) is 3.53. The van der Waals surface area contributed by atoms with Gasteiger partial charge in [0.05, 0.1) is 5.69 Å². The summed E-state index contributed by atoms with van der Waals surface area (Å²) in [6.45, 7) is 0. The van der Waals surface area contributed by atoms with Gasteiger partial charge in [-0.2, -0.15) is 0 Å². The Morgan fingerprint density at radius 3 is 2.56 bits per heavy atom. The van der Waals surface area contributed by atoms with Crippen LogP contribution >= 0.6 is 56.8 Å². The molecular formula is C13H8ClI2NO. The van der Waals surface area contributed by atoms with Crippen LogP contribution in [-0.2, 0) is 0 Å². The number of halogens is 3. The number of anilines is 1. The maximum atomic E-state index is 12.1. The zero-order valence-corrected chi connectivity index (χ0v) is 14.2. The third kappa shape index (κ3) is 3.58. The molecule has 0 bridgehead atoms. The topological polar surface area (TPSA) is 29.1 Å². The van der Waals surface area contributed by atoms with Gasteiger partial charge in [0, 0.05) is 17.7 Å². The van der Waals surface area contributed by atoms with Crippen LogP contribution in [-0.4, -0.2) is 5.91 Å². The van der Waals surface area contributed by atoms with Crippen LogP contribution in [0.25, 0.3) is 0 Å². The van der Waals surface area contributed by atoms with Crippen molar-refractivity contribution in [3.8, 4) is 0 Å². The number of amides is 1. The van der Waals surface area contributed by atoms with E-state index in [4.69, 9.17) is 11.6 Å². The SMILES string of the molecule is O=C(Nc1ccc(Cl)cc1I)c1cccc(I)c1. The molecule has 2 aromatic rings. The molecule has 0 atom stereocenters. The molecule has 0 saturated carbocycles. The van der Waals surface area contributed by atoms with Crippen molar-refractivity contribution in [1.29, 1.82) is 0 Å². The molecule has 0 aliphatic rings. The minimum atomic E-state index is -0.117. The average Bonchev–Trinajstić information content (AvgIpc) is 2.32. The van der Waals surface area contributed by atoms with Crippen LogP contribution in [0.2, 0.25) is 5.02 Å². The van der Waals surface area contributed by atoms with Crippen molar-refractivity contribution >= 4 is 68.4 Å². The van der Waals surface area contributed by atoms with Gasteiger partial charge in [-0.05, 0) is 81.6 Å². The molecule has 0 aliphatic carbocycles. The zero-order chi connectivity index (χ0) is 13.1. The van der Waals surface area contributed by atoms with E-state index < -0.39 is 0 Å². The minimum Gasteiger partial charge on any atom is -0.321 e. The smallest absolute Gasteiger partial charge is 0.255 e. The number of rotatable bonds is 2. The largest absolute Gasteiger partial charge is 0.321 e. The molecule has 2 rings (SSSR count). The van der Waals surface area contributed by atoms with Gasteiger partial charge in [-0.25, -0.2) is 0 Å². The van der Waals surface area contributed by atoms with Crippen LogP contribution in [0.5, 0.6) is 0 Å². The van der Waals surface area contributed by atoms with Gasteiger partial charge < -0.3 is 5.32 Å². The van der Waals surface area contributed by atoms with E-state index in [1.54, 1.807) is 18.2 Å². The molecule has 0 spiro atoms. The summed E-state index contributed by atoms with van der Waals surface area (Å²) in [4.78, 5) is 12.1. The fourth-order valence-corrected chi connectivity index (χ4v) is 2.96. The van der Waals surface area contributed by atoms with Crippen molar-refractivity contribution in [3.05, 3.63) is 60.2 Å². The number of nitrogens with one attached hydrogen (secondary N) is 1. The molecule has 0 heterocycles. The van der Waals surface area contributed by atoms with Crippen molar-refractivity contribution in [2.75, 3.05) is 5.32 Å². The number of hydrogen-bond acceptors (Lipinski definition) is 1. The molecule has 0 aliphatic heterocycles. The van der Waals surface area contributed by atoms with Crippen LogP contribution in [0.15, 0.2) is 42.5 Å². The Morgan fingerprint density at radius 1 is 1.11 bits per heavy atom. The Labute approximate surface area is 137 Å². The molecule has 0 aromatic heterocycles. The van der Waals surface area contributed by atoms with E-state index in [0.717, 1.165) is 12.8 Å². The van der Waals surface area contributed by atoms with E-state index in [1.165, 1.54) is 0 Å². The second kappa shape index (κ2) is 6.21. The molecule has 2 aromatic carbocycles. The molecule has 92 valence electrons. The highest BCUT2D eigenvalue weighted by Crippen LogP contribution is 2.23. The minimum absolute atomic E-state index is 0.117. The summed E-state index contributed by atoms with van der Waals surface area (Å²) in [6, 6.07) is 12.8. The van der Waals surface area contributed by atoms with E-state index in [9.17, 15) is 4.79 Å². The van der Waals surface area contributed by atoms with E-state index in [1.807, 2.05) is 24.3 Å². The molecular weight excluding hydrogens is 475 g/mol. The lowest BCUT2D eigenvalue weighted by atomic mass is 10.2. The maximum absolute atomic E-state index is 12.1. The number of benzene rings is 2. The Balaban J connectivity index is 2.21. The summed E-state index contributed by atoms with van der Waals surface area (Å²) in [7, 11) is 0. The Morgan fingerprint density at radius 2 is 1.89 bits per heavy atom. The van der Waals surface area contributed by atoms with Crippen molar-refractivity contribution < 1.29 is 4.79 Å². The van der Waals surface area contributed by atoms with Gasteiger partial charge in [0.25, 0.3) is 5.91 Å². The van der Waals surface area contributed by atoms with Gasteiger partial charge in [0.2, 0.25) is 0 Å². The second-order valence-corrected chi connectivity index (χ2v) is 6.43. The molecule has 0 saturated heterocycles. The molecule has 0 fully saturated rings. The van der Waals surface area contributed by atoms with E-state index >= 15 is 0 Å². The summed E-state index contributed by atoms with van der Waals surface area (Å²) in [6.07, 6.45) is 0. The van der Waals surface area contributed by atoms with Gasteiger partial charge >= 0.3 is 0 Å². The van der Waals surface area contributed by atoms with Crippen molar-refractivity contribution in [3.63, 3.8) is 0 Å². The highest BCUT2D eigenvalue weighted by atomic mass is 127. The van der Waals surface area contributed by atoms with Crippen LogP contribution in [0.3, 0.4) is 0 Å². The molecule has 0 radical (unpaired) electrons. The van der Waals surface area contributed by atoms with Crippen molar-refractivity contribution in [1.82, 2.24) is 0 Å². The molecule has 18 heavy (non-hydrogen) atoms. The summed E-state index contributed by atoms with van der Waals surface area (Å²) < 4.78 is 1.95. The maximum Gasteiger partial charge on any atom is 0.255 e. The van der Waals surface area contributed by atoms with Gasteiger partial charge in [-0.15, -0.1) is 0 Å². The first-order valence-corrected chi connectivity index (χ1v) is 7.62. The summed E-state index contributed by atoms with van der Waals surface area (Å²) >= 11 is 10.2. The highest BCUT2D eigenvalue weighted by molar-refractivity contribution is 14.1. The number of carbonyl (C=O) groups is 1. The lowest BCUT2D eigenvalue weighted by Gasteiger charge is -2.08. The van der Waals surface area contributed by atoms with Gasteiger partial charge in [0.15, 0.2) is 0 Å². The Bertz CT molecular complexity index is 601. The third-order valence-electron chi connectivity index (χ3n) is 2.27. The normalized spacial score (nSPS) is 10.2. The standard InChI is InChI=1S/C13H8ClI2NO/c14-9-4-5-12(11(16)7-9)17-13(18)8-2-1-3-10(15)6-8/h1-7H,(H,17,18). The Kier molecular flexibility index (Phi) is 4.85. The molecule has 1 N–H and O–H groups in total. The first kappa shape index (κ1) is 14.1. The summed E-state index contributed by atoms with van der Waals surface area (Å²) in [5.74, 6) is -0.117. The molecule has 2 nitrogen and oxygen atoms in total. The predicted molar refractivity (Wildman–Crippen MR) is 91.3 cm³/mol.